The van der Waals surface area contributed by atoms with Crippen LogP contribution in [0.4, 0.5) is 0 Å². The zero-order valence-corrected chi connectivity index (χ0v) is 13.4. The molecule has 2 saturated carbocycles. The van der Waals surface area contributed by atoms with Crippen molar-refractivity contribution in [3.8, 4) is 6.07 Å². The highest BCUT2D eigenvalue weighted by molar-refractivity contribution is 5.79. The highest BCUT2D eigenvalue weighted by Gasteiger charge is 2.34. The molecule has 2 aliphatic carbocycles. The third kappa shape index (κ3) is 4.71. The molecule has 1 amide bonds. The molecule has 0 atom stereocenters. The Kier molecular flexibility index (Phi) is 6.05. The molecule has 0 heterocycles. The summed E-state index contributed by atoms with van der Waals surface area (Å²) in [5.41, 5.74) is -0.598. The van der Waals surface area contributed by atoms with Crippen molar-refractivity contribution in [1.29, 1.82) is 5.26 Å². The number of likely N-dealkylation sites (N-methyl/N-ethyl adjacent to an activating group) is 1. The lowest BCUT2D eigenvalue weighted by Crippen LogP contribution is -2.52. The van der Waals surface area contributed by atoms with E-state index in [1.807, 2.05) is 0 Å². The van der Waals surface area contributed by atoms with Gasteiger partial charge in [0.05, 0.1) is 12.6 Å². The summed E-state index contributed by atoms with van der Waals surface area (Å²) in [4.78, 5) is 14.5. The lowest BCUT2D eigenvalue weighted by atomic mass is 9.83. The molecular weight excluding hydrogens is 262 g/mol. The largest absolute Gasteiger partial charge is 0.337 e. The third-order valence-electron chi connectivity index (χ3n) is 5.14. The number of nitriles is 1. The number of nitrogens with one attached hydrogen (secondary N) is 1. The molecule has 2 rings (SSSR count). The number of carbonyl (C=O) groups is 1. The molecule has 2 aliphatic rings. The van der Waals surface area contributed by atoms with Crippen LogP contribution in [0.5, 0.6) is 0 Å². The molecule has 0 unspecified atom stereocenters. The van der Waals surface area contributed by atoms with Gasteiger partial charge in [0, 0.05) is 6.04 Å². The first-order valence-electron chi connectivity index (χ1n) is 8.58. The number of hydrogen-bond acceptors (Lipinski definition) is 3. The Labute approximate surface area is 128 Å². The highest BCUT2D eigenvalue weighted by atomic mass is 16.2. The maximum absolute atomic E-state index is 12.3. The van der Waals surface area contributed by atoms with Gasteiger partial charge in [-0.1, -0.05) is 44.9 Å². The average Bonchev–Trinajstić information content (AvgIpc) is 2.77. The summed E-state index contributed by atoms with van der Waals surface area (Å²) in [5.74, 6) is 0.0187. The van der Waals surface area contributed by atoms with Gasteiger partial charge in [0.1, 0.15) is 5.54 Å². The average molecular weight is 291 g/mol. The van der Waals surface area contributed by atoms with E-state index in [0.717, 1.165) is 25.7 Å². The summed E-state index contributed by atoms with van der Waals surface area (Å²) >= 11 is 0. The van der Waals surface area contributed by atoms with Crippen LogP contribution < -0.4 is 5.32 Å². The second kappa shape index (κ2) is 7.79. The predicted molar refractivity (Wildman–Crippen MR) is 83.7 cm³/mol. The summed E-state index contributed by atoms with van der Waals surface area (Å²) < 4.78 is 0. The number of amides is 1. The first kappa shape index (κ1) is 16.3. The number of carbonyl (C=O) groups excluding carboxylic acids is 1. The molecule has 0 aromatic rings. The zero-order valence-electron chi connectivity index (χ0n) is 13.4. The van der Waals surface area contributed by atoms with E-state index in [4.69, 9.17) is 0 Å². The number of hydrogen-bond donors (Lipinski definition) is 1. The van der Waals surface area contributed by atoms with Crippen molar-refractivity contribution in [2.75, 3.05) is 13.6 Å². The van der Waals surface area contributed by atoms with Crippen molar-refractivity contribution >= 4 is 5.91 Å². The summed E-state index contributed by atoms with van der Waals surface area (Å²) in [5, 5.41) is 12.5. The van der Waals surface area contributed by atoms with E-state index in [2.05, 4.69) is 23.3 Å². The molecule has 0 saturated heterocycles. The van der Waals surface area contributed by atoms with Gasteiger partial charge in [-0.05, 0) is 32.7 Å². The summed E-state index contributed by atoms with van der Waals surface area (Å²) in [7, 11) is 2.05. The Morgan fingerprint density at radius 1 is 1.14 bits per heavy atom. The molecule has 2 fully saturated rings. The molecule has 0 aliphatic heterocycles. The standard InChI is InChI=1S/C17H29N3O/c1-20(15-9-5-2-3-6-10-15)13-16(21)19-17(14-18)11-7-4-8-12-17/h15H,2-13H2,1H3,(H,19,21). The minimum Gasteiger partial charge on any atom is -0.337 e. The van der Waals surface area contributed by atoms with Gasteiger partial charge in [0.25, 0.3) is 0 Å². The van der Waals surface area contributed by atoms with Crippen LogP contribution in [0.1, 0.15) is 70.6 Å². The molecule has 1 N–H and O–H groups in total. The van der Waals surface area contributed by atoms with Crippen LogP contribution in [-0.4, -0.2) is 36.0 Å². The van der Waals surface area contributed by atoms with Crippen molar-refractivity contribution in [3.05, 3.63) is 0 Å². The lowest BCUT2D eigenvalue weighted by molar-refractivity contribution is -0.124. The van der Waals surface area contributed by atoms with Crippen molar-refractivity contribution in [2.24, 2.45) is 0 Å². The monoisotopic (exact) mass is 291 g/mol. The maximum Gasteiger partial charge on any atom is 0.235 e. The smallest absolute Gasteiger partial charge is 0.235 e. The van der Waals surface area contributed by atoms with E-state index in [1.165, 1.54) is 44.9 Å². The minimum atomic E-state index is -0.598. The van der Waals surface area contributed by atoms with Gasteiger partial charge in [0.2, 0.25) is 5.91 Å². The van der Waals surface area contributed by atoms with Crippen molar-refractivity contribution in [1.82, 2.24) is 10.2 Å². The van der Waals surface area contributed by atoms with E-state index in [-0.39, 0.29) is 5.91 Å². The Hall–Kier alpha value is -1.08. The Morgan fingerprint density at radius 2 is 1.71 bits per heavy atom. The number of rotatable bonds is 4. The van der Waals surface area contributed by atoms with Crippen LogP contribution in [0.2, 0.25) is 0 Å². The van der Waals surface area contributed by atoms with Crippen LogP contribution in [0.3, 0.4) is 0 Å². The molecule has 4 nitrogen and oxygen atoms in total. The van der Waals surface area contributed by atoms with Crippen molar-refractivity contribution < 1.29 is 4.79 Å². The van der Waals surface area contributed by atoms with E-state index in [0.29, 0.717) is 12.6 Å². The predicted octanol–water partition coefficient (Wildman–Crippen LogP) is 2.98. The van der Waals surface area contributed by atoms with Gasteiger partial charge in [-0.15, -0.1) is 0 Å². The summed E-state index contributed by atoms with van der Waals surface area (Å²) in [6.45, 7) is 0.425. The van der Waals surface area contributed by atoms with Gasteiger partial charge in [0.15, 0.2) is 0 Å². The Bertz CT molecular complexity index is 374. The first-order valence-corrected chi connectivity index (χ1v) is 8.58. The molecule has 118 valence electrons. The maximum atomic E-state index is 12.3. The topological polar surface area (TPSA) is 56.1 Å². The second-order valence-electron chi connectivity index (χ2n) is 6.86. The third-order valence-corrected chi connectivity index (χ3v) is 5.14. The normalized spacial score (nSPS) is 23.3. The van der Waals surface area contributed by atoms with Gasteiger partial charge >= 0.3 is 0 Å². The van der Waals surface area contributed by atoms with Gasteiger partial charge in [-0.2, -0.15) is 5.26 Å². The van der Waals surface area contributed by atoms with E-state index in [9.17, 15) is 10.1 Å². The van der Waals surface area contributed by atoms with Crippen LogP contribution in [0.25, 0.3) is 0 Å². The van der Waals surface area contributed by atoms with E-state index in [1.54, 1.807) is 0 Å². The zero-order chi connectivity index (χ0) is 15.1. The van der Waals surface area contributed by atoms with Crippen LogP contribution in [-0.2, 0) is 4.79 Å². The first-order chi connectivity index (χ1) is 10.2. The van der Waals surface area contributed by atoms with Crippen molar-refractivity contribution in [3.63, 3.8) is 0 Å². The molecule has 4 heteroatoms. The fourth-order valence-electron chi connectivity index (χ4n) is 3.78. The molecule has 0 aromatic heterocycles. The Balaban J connectivity index is 1.84. The van der Waals surface area contributed by atoms with Gasteiger partial charge < -0.3 is 5.32 Å². The van der Waals surface area contributed by atoms with Crippen LogP contribution >= 0.6 is 0 Å². The second-order valence-corrected chi connectivity index (χ2v) is 6.86. The molecule has 21 heavy (non-hydrogen) atoms. The summed E-state index contributed by atoms with van der Waals surface area (Å²) in [6.07, 6.45) is 12.5. The van der Waals surface area contributed by atoms with Gasteiger partial charge in [-0.3, -0.25) is 9.69 Å². The summed E-state index contributed by atoms with van der Waals surface area (Å²) in [6, 6.07) is 2.89. The Morgan fingerprint density at radius 3 is 2.29 bits per heavy atom. The SMILES string of the molecule is CN(CC(=O)NC1(C#N)CCCCC1)C1CCCCCC1. The quantitative estimate of drug-likeness (QED) is 0.810. The molecular formula is C17H29N3O. The fourth-order valence-corrected chi connectivity index (χ4v) is 3.78. The fraction of sp³-hybridized carbons (Fsp3) is 0.882. The molecule has 0 radical (unpaired) electrons. The van der Waals surface area contributed by atoms with Gasteiger partial charge in [-0.25, -0.2) is 0 Å². The van der Waals surface area contributed by atoms with E-state index >= 15 is 0 Å². The number of nitrogens with zero attached hydrogens (tertiary/aromatic N) is 2. The molecule has 0 spiro atoms. The van der Waals surface area contributed by atoms with E-state index < -0.39 is 5.54 Å². The lowest BCUT2D eigenvalue weighted by Gasteiger charge is -2.33. The molecule has 0 aromatic carbocycles. The van der Waals surface area contributed by atoms with Crippen molar-refractivity contribution in [2.45, 2.75) is 82.2 Å². The molecule has 0 bridgehead atoms. The highest BCUT2D eigenvalue weighted by Crippen LogP contribution is 2.27. The van der Waals surface area contributed by atoms with Crippen LogP contribution in [0, 0.1) is 11.3 Å². The minimum absolute atomic E-state index is 0.0187. The van der Waals surface area contributed by atoms with Crippen LogP contribution in [0.15, 0.2) is 0 Å².